The molecule has 0 radical (unpaired) electrons. The molecule has 3 aromatic carbocycles. The summed E-state index contributed by atoms with van der Waals surface area (Å²) < 4.78 is 9.79. The number of nitrogens with one attached hydrogen (secondary N) is 1. The summed E-state index contributed by atoms with van der Waals surface area (Å²) in [5.74, 6) is 0.837. The molecule has 4 aromatic rings. The van der Waals surface area contributed by atoms with Crippen LogP contribution in [0.4, 0.5) is 0 Å². The predicted octanol–water partition coefficient (Wildman–Crippen LogP) is 5.12. The van der Waals surface area contributed by atoms with Crippen LogP contribution in [0.2, 0.25) is 5.02 Å². The Labute approximate surface area is 174 Å². The lowest BCUT2D eigenvalue weighted by atomic mass is 10.2. The molecular weight excluding hydrogens is 393 g/mol. The monoisotopic (exact) mass is 413 g/mol. The van der Waals surface area contributed by atoms with Crippen LogP contribution >= 0.6 is 24.0 Å². The van der Waals surface area contributed by atoms with Gasteiger partial charge in [0.05, 0.1) is 24.1 Å². The quantitative estimate of drug-likeness (QED) is 0.467. The normalized spacial score (nSPS) is 10.6. The molecule has 0 aliphatic heterocycles. The van der Waals surface area contributed by atoms with Crippen LogP contribution < -0.4 is 10.4 Å². The fraction of sp³-hybridized carbons (Fsp3) is 0.136. The van der Waals surface area contributed by atoms with Gasteiger partial charge in [-0.05, 0) is 35.9 Å². The number of ether oxygens (including phenoxy) is 1. The van der Waals surface area contributed by atoms with Gasteiger partial charge in [0.1, 0.15) is 12.4 Å². The van der Waals surface area contributed by atoms with Crippen LogP contribution in [0.25, 0.3) is 11.0 Å². The maximum atomic E-state index is 8.71. The van der Waals surface area contributed by atoms with E-state index in [-0.39, 0.29) is 12.4 Å². The molecule has 0 aliphatic rings. The van der Waals surface area contributed by atoms with Crippen LogP contribution in [0.5, 0.6) is 5.75 Å². The van der Waals surface area contributed by atoms with Gasteiger partial charge < -0.3 is 13.9 Å². The SMILES string of the molecule is Cl.N=c1n(CCOc2ccccc2)c2ccccc2n1Cc1ccccc1Cl. The van der Waals surface area contributed by atoms with Gasteiger partial charge >= 0.3 is 0 Å². The first-order chi connectivity index (χ1) is 13.2. The molecule has 0 amide bonds. The molecule has 0 saturated carbocycles. The number of para-hydroxylation sites is 3. The Balaban J connectivity index is 0.00000225. The highest BCUT2D eigenvalue weighted by molar-refractivity contribution is 6.31. The van der Waals surface area contributed by atoms with Gasteiger partial charge in [0, 0.05) is 5.02 Å². The predicted molar refractivity (Wildman–Crippen MR) is 116 cm³/mol. The zero-order valence-corrected chi connectivity index (χ0v) is 16.8. The lowest BCUT2D eigenvalue weighted by molar-refractivity contribution is 0.296. The lowest BCUT2D eigenvalue weighted by Gasteiger charge is -2.08. The van der Waals surface area contributed by atoms with Gasteiger partial charge in [-0.15, -0.1) is 12.4 Å². The molecule has 1 heterocycles. The van der Waals surface area contributed by atoms with Crippen molar-refractivity contribution in [2.24, 2.45) is 0 Å². The minimum Gasteiger partial charge on any atom is -0.492 e. The molecule has 4 rings (SSSR count). The van der Waals surface area contributed by atoms with E-state index in [4.69, 9.17) is 21.7 Å². The summed E-state index contributed by atoms with van der Waals surface area (Å²) in [6, 6.07) is 25.6. The van der Waals surface area contributed by atoms with Gasteiger partial charge in [-0.1, -0.05) is 60.1 Å². The lowest BCUT2D eigenvalue weighted by Crippen LogP contribution is -2.27. The van der Waals surface area contributed by atoms with Crippen LogP contribution in [0.15, 0.2) is 78.9 Å². The molecule has 0 spiro atoms. The Hall–Kier alpha value is -2.69. The smallest absolute Gasteiger partial charge is 0.203 e. The Morgan fingerprint density at radius 2 is 1.39 bits per heavy atom. The first kappa shape index (κ1) is 20.1. The van der Waals surface area contributed by atoms with Crippen LogP contribution in [0.1, 0.15) is 5.56 Å². The minimum absolute atomic E-state index is 0. The number of nitrogens with zero attached hydrogens (tertiary/aromatic N) is 2. The largest absolute Gasteiger partial charge is 0.492 e. The molecule has 0 saturated heterocycles. The number of halogens is 2. The van der Waals surface area contributed by atoms with Crippen LogP contribution in [0.3, 0.4) is 0 Å². The first-order valence-corrected chi connectivity index (χ1v) is 9.26. The third-order valence-electron chi connectivity index (χ3n) is 4.59. The number of aromatic nitrogens is 2. The van der Waals surface area contributed by atoms with E-state index in [1.54, 1.807) is 0 Å². The summed E-state index contributed by atoms with van der Waals surface area (Å²) in [7, 11) is 0. The standard InChI is InChI=1S/C22H20ClN3O.ClH/c23-19-11-5-4-8-17(19)16-26-21-13-7-6-12-20(21)25(22(26)24)14-15-27-18-9-2-1-3-10-18;/h1-13,24H,14-16H2;1H. The Bertz CT molecular complexity index is 1120. The van der Waals surface area contributed by atoms with Crippen molar-refractivity contribution in [3.8, 4) is 5.75 Å². The molecule has 0 bridgehead atoms. The summed E-state index contributed by atoms with van der Waals surface area (Å²) in [6.45, 7) is 1.66. The molecule has 6 heteroatoms. The van der Waals surface area contributed by atoms with Gasteiger partial charge in [-0.3, -0.25) is 5.41 Å². The van der Waals surface area contributed by atoms with Crippen molar-refractivity contribution in [3.05, 3.63) is 95.1 Å². The van der Waals surface area contributed by atoms with E-state index >= 15 is 0 Å². The topological polar surface area (TPSA) is 42.9 Å². The fourth-order valence-electron chi connectivity index (χ4n) is 3.25. The highest BCUT2D eigenvalue weighted by atomic mass is 35.5. The van der Waals surface area contributed by atoms with Crippen molar-refractivity contribution < 1.29 is 4.74 Å². The van der Waals surface area contributed by atoms with Gasteiger partial charge in [0.15, 0.2) is 0 Å². The van der Waals surface area contributed by atoms with Crippen molar-refractivity contribution in [2.75, 3.05) is 6.61 Å². The molecule has 0 aliphatic carbocycles. The summed E-state index contributed by atoms with van der Waals surface area (Å²) in [5.41, 5.74) is 3.47. The van der Waals surface area contributed by atoms with E-state index in [2.05, 4.69) is 0 Å². The second-order valence-corrected chi connectivity index (χ2v) is 6.71. The second kappa shape index (κ2) is 9.00. The number of hydrogen-bond acceptors (Lipinski definition) is 2. The van der Waals surface area contributed by atoms with Crippen LogP contribution in [0, 0.1) is 5.41 Å². The Kier molecular flexibility index (Phi) is 6.45. The van der Waals surface area contributed by atoms with E-state index < -0.39 is 0 Å². The molecular formula is C22H21Cl2N3O. The van der Waals surface area contributed by atoms with Crippen LogP contribution in [-0.2, 0) is 13.1 Å². The van der Waals surface area contributed by atoms with Gasteiger partial charge in [0.25, 0.3) is 0 Å². The van der Waals surface area contributed by atoms with Crippen molar-refractivity contribution in [1.82, 2.24) is 9.13 Å². The van der Waals surface area contributed by atoms with E-state index in [0.29, 0.717) is 30.3 Å². The maximum absolute atomic E-state index is 8.71. The van der Waals surface area contributed by atoms with Crippen LogP contribution in [-0.4, -0.2) is 15.7 Å². The molecule has 4 nitrogen and oxygen atoms in total. The first-order valence-electron chi connectivity index (χ1n) is 8.88. The number of imidazole rings is 1. The second-order valence-electron chi connectivity index (χ2n) is 6.30. The van der Waals surface area contributed by atoms with Crippen molar-refractivity contribution in [1.29, 1.82) is 5.41 Å². The van der Waals surface area contributed by atoms with E-state index in [1.807, 2.05) is 88.0 Å². The molecule has 0 unspecified atom stereocenters. The summed E-state index contributed by atoms with van der Waals surface area (Å²) in [5, 5.41) is 9.42. The Morgan fingerprint density at radius 3 is 2.11 bits per heavy atom. The molecule has 1 N–H and O–H groups in total. The number of fused-ring (bicyclic) bond motifs is 1. The van der Waals surface area contributed by atoms with Crippen molar-refractivity contribution in [2.45, 2.75) is 13.1 Å². The highest BCUT2D eigenvalue weighted by Crippen LogP contribution is 2.19. The third kappa shape index (κ3) is 4.08. The molecule has 1 aromatic heterocycles. The van der Waals surface area contributed by atoms with E-state index in [0.717, 1.165) is 22.3 Å². The zero-order chi connectivity index (χ0) is 18.6. The number of benzene rings is 3. The average molecular weight is 414 g/mol. The number of hydrogen-bond donors (Lipinski definition) is 1. The summed E-state index contributed by atoms with van der Waals surface area (Å²) >= 11 is 6.33. The van der Waals surface area contributed by atoms with Gasteiger partial charge in [-0.2, -0.15) is 0 Å². The molecule has 0 fully saturated rings. The summed E-state index contributed by atoms with van der Waals surface area (Å²) in [6.07, 6.45) is 0. The van der Waals surface area contributed by atoms with E-state index in [1.165, 1.54) is 0 Å². The fourth-order valence-corrected chi connectivity index (χ4v) is 3.44. The molecule has 144 valence electrons. The maximum Gasteiger partial charge on any atom is 0.203 e. The van der Waals surface area contributed by atoms with E-state index in [9.17, 15) is 0 Å². The average Bonchev–Trinajstić information content (AvgIpc) is 2.96. The number of rotatable bonds is 6. The van der Waals surface area contributed by atoms with Gasteiger partial charge in [0.2, 0.25) is 5.62 Å². The highest BCUT2D eigenvalue weighted by Gasteiger charge is 2.12. The van der Waals surface area contributed by atoms with Crippen molar-refractivity contribution in [3.63, 3.8) is 0 Å². The minimum atomic E-state index is 0. The van der Waals surface area contributed by atoms with Gasteiger partial charge in [-0.25, -0.2) is 0 Å². The molecule has 28 heavy (non-hydrogen) atoms. The van der Waals surface area contributed by atoms with Crippen molar-refractivity contribution >= 4 is 35.0 Å². The third-order valence-corrected chi connectivity index (χ3v) is 4.96. The molecule has 0 atom stereocenters. The summed E-state index contributed by atoms with van der Waals surface area (Å²) in [4.78, 5) is 0. The Morgan fingerprint density at radius 1 is 0.786 bits per heavy atom. The zero-order valence-electron chi connectivity index (χ0n) is 15.2.